The number of carboxylic acid groups (broad SMARTS) is 1. The Morgan fingerprint density at radius 3 is 2.79 bits per heavy atom. The Morgan fingerprint density at radius 2 is 2.26 bits per heavy atom. The van der Waals surface area contributed by atoms with Gasteiger partial charge in [0.1, 0.15) is 0 Å². The summed E-state index contributed by atoms with van der Waals surface area (Å²) in [5, 5.41) is 9.45. The SMILES string of the molecule is Cc1cccc(C(CC2CCC(C)(C)O2)C(=O)O)c1. The maximum Gasteiger partial charge on any atom is 0.311 e. The van der Waals surface area contributed by atoms with Crippen molar-refractivity contribution >= 4 is 5.97 Å². The van der Waals surface area contributed by atoms with Crippen LogP contribution in [0.5, 0.6) is 0 Å². The highest BCUT2D eigenvalue weighted by Gasteiger charge is 2.35. The van der Waals surface area contributed by atoms with E-state index in [-0.39, 0.29) is 11.7 Å². The van der Waals surface area contributed by atoms with Crippen LogP contribution in [0.2, 0.25) is 0 Å². The fourth-order valence-corrected chi connectivity index (χ4v) is 2.77. The molecule has 1 aliphatic rings. The minimum atomic E-state index is -0.765. The van der Waals surface area contributed by atoms with E-state index in [1.807, 2.05) is 31.2 Å². The van der Waals surface area contributed by atoms with Crippen LogP contribution in [-0.2, 0) is 9.53 Å². The van der Waals surface area contributed by atoms with Gasteiger partial charge in [0.15, 0.2) is 0 Å². The van der Waals surface area contributed by atoms with Crippen LogP contribution in [-0.4, -0.2) is 22.8 Å². The highest BCUT2D eigenvalue weighted by atomic mass is 16.5. The topological polar surface area (TPSA) is 46.5 Å². The molecule has 2 rings (SSSR count). The minimum Gasteiger partial charge on any atom is -0.481 e. The van der Waals surface area contributed by atoms with E-state index < -0.39 is 11.9 Å². The lowest BCUT2D eigenvalue weighted by atomic mass is 9.91. The van der Waals surface area contributed by atoms with E-state index in [4.69, 9.17) is 4.74 Å². The van der Waals surface area contributed by atoms with E-state index in [0.29, 0.717) is 6.42 Å². The molecule has 0 radical (unpaired) electrons. The van der Waals surface area contributed by atoms with Crippen LogP contribution < -0.4 is 0 Å². The highest BCUT2D eigenvalue weighted by Crippen LogP contribution is 2.35. The van der Waals surface area contributed by atoms with E-state index in [1.54, 1.807) is 0 Å². The molecule has 1 aliphatic heterocycles. The van der Waals surface area contributed by atoms with Crippen molar-refractivity contribution in [2.24, 2.45) is 0 Å². The van der Waals surface area contributed by atoms with Gasteiger partial charge in [-0.05, 0) is 45.6 Å². The number of aliphatic carboxylic acids is 1. The third kappa shape index (κ3) is 3.57. The first-order chi connectivity index (χ1) is 8.87. The molecular formula is C16H22O3. The van der Waals surface area contributed by atoms with Crippen LogP contribution in [0, 0.1) is 6.92 Å². The number of carbonyl (C=O) groups is 1. The van der Waals surface area contributed by atoms with Gasteiger partial charge in [-0.15, -0.1) is 0 Å². The predicted octanol–water partition coefficient (Wildman–Crippen LogP) is 3.51. The first-order valence-electron chi connectivity index (χ1n) is 6.84. The zero-order chi connectivity index (χ0) is 14.0. The van der Waals surface area contributed by atoms with Crippen molar-refractivity contribution in [2.75, 3.05) is 0 Å². The number of hydrogen-bond acceptors (Lipinski definition) is 2. The lowest BCUT2D eigenvalue weighted by molar-refractivity contribution is -0.140. The standard InChI is InChI=1S/C16H22O3/c1-11-5-4-6-12(9-11)14(15(17)18)10-13-7-8-16(2,3)19-13/h4-6,9,13-14H,7-8,10H2,1-3H3,(H,17,18). The van der Waals surface area contributed by atoms with Crippen molar-refractivity contribution < 1.29 is 14.6 Å². The van der Waals surface area contributed by atoms with E-state index in [1.165, 1.54) is 0 Å². The molecular weight excluding hydrogens is 240 g/mol. The van der Waals surface area contributed by atoms with Crippen molar-refractivity contribution in [3.63, 3.8) is 0 Å². The molecule has 3 nitrogen and oxygen atoms in total. The summed E-state index contributed by atoms with van der Waals surface area (Å²) < 4.78 is 5.92. The molecule has 0 bridgehead atoms. The van der Waals surface area contributed by atoms with Crippen molar-refractivity contribution in [3.8, 4) is 0 Å². The molecule has 19 heavy (non-hydrogen) atoms. The molecule has 0 saturated carbocycles. The summed E-state index contributed by atoms with van der Waals surface area (Å²) in [6, 6.07) is 7.75. The molecule has 1 fully saturated rings. The summed E-state index contributed by atoms with van der Waals surface area (Å²) in [5.41, 5.74) is 1.86. The lowest BCUT2D eigenvalue weighted by Crippen LogP contribution is -2.23. The zero-order valence-corrected chi connectivity index (χ0v) is 11.8. The number of hydrogen-bond donors (Lipinski definition) is 1. The summed E-state index contributed by atoms with van der Waals surface area (Å²) in [5.74, 6) is -1.24. The van der Waals surface area contributed by atoms with Gasteiger partial charge in [-0.25, -0.2) is 0 Å². The maximum atomic E-state index is 11.5. The normalized spacial score (nSPS) is 23.2. The van der Waals surface area contributed by atoms with Gasteiger partial charge in [-0.1, -0.05) is 29.8 Å². The third-order valence-electron chi connectivity index (χ3n) is 3.80. The molecule has 1 saturated heterocycles. The van der Waals surface area contributed by atoms with Crippen molar-refractivity contribution in [2.45, 2.75) is 57.7 Å². The molecule has 2 unspecified atom stereocenters. The van der Waals surface area contributed by atoms with E-state index in [2.05, 4.69) is 13.8 Å². The predicted molar refractivity (Wildman–Crippen MR) is 74.4 cm³/mol. The fraction of sp³-hybridized carbons (Fsp3) is 0.562. The van der Waals surface area contributed by atoms with Crippen molar-refractivity contribution in [3.05, 3.63) is 35.4 Å². The fourth-order valence-electron chi connectivity index (χ4n) is 2.77. The van der Waals surface area contributed by atoms with E-state index in [0.717, 1.165) is 24.0 Å². The molecule has 2 atom stereocenters. The Labute approximate surface area is 114 Å². The Kier molecular flexibility index (Phi) is 3.95. The molecule has 0 aromatic heterocycles. The quantitative estimate of drug-likeness (QED) is 0.903. The van der Waals surface area contributed by atoms with Crippen molar-refractivity contribution in [1.82, 2.24) is 0 Å². The summed E-state index contributed by atoms with van der Waals surface area (Å²) in [6.45, 7) is 6.11. The molecule has 1 aromatic rings. The molecule has 1 N–H and O–H groups in total. The largest absolute Gasteiger partial charge is 0.481 e. The van der Waals surface area contributed by atoms with Crippen molar-refractivity contribution in [1.29, 1.82) is 0 Å². The lowest BCUT2D eigenvalue weighted by Gasteiger charge is -2.22. The Balaban J connectivity index is 2.12. The third-order valence-corrected chi connectivity index (χ3v) is 3.80. The van der Waals surface area contributed by atoms with Crippen LogP contribution in [0.25, 0.3) is 0 Å². The Bertz CT molecular complexity index is 465. The van der Waals surface area contributed by atoms with Crippen LogP contribution >= 0.6 is 0 Å². The molecule has 0 amide bonds. The van der Waals surface area contributed by atoms with Gasteiger partial charge in [-0.2, -0.15) is 0 Å². The molecule has 0 spiro atoms. The summed E-state index contributed by atoms with van der Waals surface area (Å²) in [4.78, 5) is 11.5. The van der Waals surface area contributed by atoms with Gasteiger partial charge in [-0.3, -0.25) is 4.79 Å². The zero-order valence-electron chi connectivity index (χ0n) is 11.8. The Morgan fingerprint density at radius 1 is 1.53 bits per heavy atom. The van der Waals surface area contributed by atoms with Gasteiger partial charge in [0.25, 0.3) is 0 Å². The number of rotatable bonds is 4. The second-order valence-corrected chi connectivity index (χ2v) is 6.08. The van der Waals surface area contributed by atoms with Gasteiger partial charge in [0.05, 0.1) is 17.6 Å². The number of aryl methyl sites for hydroxylation is 1. The number of benzene rings is 1. The Hall–Kier alpha value is -1.35. The maximum absolute atomic E-state index is 11.5. The average molecular weight is 262 g/mol. The van der Waals surface area contributed by atoms with Gasteiger partial charge >= 0.3 is 5.97 Å². The van der Waals surface area contributed by atoms with Gasteiger partial charge in [0.2, 0.25) is 0 Å². The molecule has 1 heterocycles. The van der Waals surface area contributed by atoms with E-state index >= 15 is 0 Å². The van der Waals surface area contributed by atoms with Crippen LogP contribution in [0.1, 0.15) is 50.2 Å². The van der Waals surface area contributed by atoms with Crippen LogP contribution in [0.4, 0.5) is 0 Å². The number of ether oxygens (including phenoxy) is 1. The molecule has 0 aliphatic carbocycles. The smallest absolute Gasteiger partial charge is 0.311 e. The average Bonchev–Trinajstić information content (AvgIpc) is 2.65. The molecule has 3 heteroatoms. The number of carboxylic acids is 1. The van der Waals surface area contributed by atoms with Gasteiger partial charge in [0, 0.05) is 0 Å². The first-order valence-corrected chi connectivity index (χ1v) is 6.84. The monoisotopic (exact) mass is 262 g/mol. The first kappa shape index (κ1) is 14.1. The molecule has 1 aromatic carbocycles. The summed E-state index contributed by atoms with van der Waals surface area (Å²) in [7, 11) is 0. The molecule has 104 valence electrons. The van der Waals surface area contributed by atoms with Crippen LogP contribution in [0.15, 0.2) is 24.3 Å². The van der Waals surface area contributed by atoms with E-state index in [9.17, 15) is 9.90 Å². The van der Waals surface area contributed by atoms with Crippen LogP contribution in [0.3, 0.4) is 0 Å². The second kappa shape index (κ2) is 5.33. The summed E-state index contributed by atoms with van der Waals surface area (Å²) in [6.07, 6.45) is 2.56. The minimum absolute atomic E-state index is 0.0524. The highest BCUT2D eigenvalue weighted by molar-refractivity contribution is 5.76. The summed E-state index contributed by atoms with van der Waals surface area (Å²) >= 11 is 0. The van der Waals surface area contributed by atoms with Gasteiger partial charge < -0.3 is 9.84 Å². The second-order valence-electron chi connectivity index (χ2n) is 6.08.